The molecule has 2 aromatic rings. The molecule has 2 rings (SSSR count). The lowest BCUT2D eigenvalue weighted by atomic mass is 9.94. The van der Waals surface area contributed by atoms with Gasteiger partial charge in [-0.25, -0.2) is 0 Å². The first kappa shape index (κ1) is 14.5. The van der Waals surface area contributed by atoms with E-state index in [0.717, 1.165) is 38.4 Å². The van der Waals surface area contributed by atoms with Crippen molar-refractivity contribution in [2.45, 2.75) is 32.1 Å². The summed E-state index contributed by atoms with van der Waals surface area (Å²) in [5, 5.41) is 0. The van der Waals surface area contributed by atoms with Crippen molar-refractivity contribution in [2.75, 3.05) is 0 Å². The SMILES string of the molecule is O=CC(CCCCc1ccccc1)Cc1ccccc1. The van der Waals surface area contributed by atoms with E-state index in [-0.39, 0.29) is 5.92 Å². The Morgan fingerprint density at radius 3 is 2.00 bits per heavy atom. The van der Waals surface area contributed by atoms with Gasteiger partial charge in [-0.05, 0) is 36.8 Å². The maximum Gasteiger partial charge on any atom is 0.123 e. The number of carbonyl (C=O) groups excluding carboxylic acids is 1. The van der Waals surface area contributed by atoms with Crippen molar-refractivity contribution >= 4 is 6.29 Å². The quantitative estimate of drug-likeness (QED) is 0.509. The molecule has 20 heavy (non-hydrogen) atoms. The van der Waals surface area contributed by atoms with Crippen molar-refractivity contribution in [1.29, 1.82) is 0 Å². The number of hydrogen-bond acceptors (Lipinski definition) is 1. The monoisotopic (exact) mass is 266 g/mol. The molecule has 0 aliphatic carbocycles. The minimum atomic E-state index is 0.160. The van der Waals surface area contributed by atoms with Crippen LogP contribution in [0, 0.1) is 5.92 Å². The molecule has 0 saturated carbocycles. The maximum absolute atomic E-state index is 11.2. The molecule has 0 fully saturated rings. The number of carbonyl (C=O) groups is 1. The third-order valence-corrected chi connectivity index (χ3v) is 3.67. The van der Waals surface area contributed by atoms with E-state index in [9.17, 15) is 4.79 Å². The van der Waals surface area contributed by atoms with Gasteiger partial charge in [0.1, 0.15) is 6.29 Å². The molecule has 1 nitrogen and oxygen atoms in total. The first-order valence-corrected chi connectivity index (χ1v) is 7.41. The largest absolute Gasteiger partial charge is 0.303 e. The first-order chi connectivity index (χ1) is 9.88. The van der Waals surface area contributed by atoms with E-state index in [2.05, 4.69) is 36.4 Å². The molecule has 104 valence electrons. The molecule has 0 N–H and O–H groups in total. The summed E-state index contributed by atoms with van der Waals surface area (Å²) in [6, 6.07) is 20.8. The molecule has 0 aromatic heterocycles. The highest BCUT2D eigenvalue weighted by Gasteiger charge is 2.08. The molecule has 0 spiro atoms. The average molecular weight is 266 g/mol. The van der Waals surface area contributed by atoms with Crippen LogP contribution in [0.15, 0.2) is 60.7 Å². The van der Waals surface area contributed by atoms with Crippen LogP contribution >= 0.6 is 0 Å². The first-order valence-electron chi connectivity index (χ1n) is 7.41. The van der Waals surface area contributed by atoms with Crippen molar-refractivity contribution in [3.05, 3.63) is 71.8 Å². The number of aldehydes is 1. The molecule has 0 radical (unpaired) electrons. The zero-order chi connectivity index (χ0) is 14.0. The second-order valence-corrected chi connectivity index (χ2v) is 5.32. The van der Waals surface area contributed by atoms with Crippen LogP contribution in [0.5, 0.6) is 0 Å². The number of hydrogen-bond donors (Lipinski definition) is 0. The average Bonchev–Trinajstić information content (AvgIpc) is 2.52. The summed E-state index contributed by atoms with van der Waals surface area (Å²) in [5.74, 6) is 0.160. The summed E-state index contributed by atoms with van der Waals surface area (Å²) in [6.45, 7) is 0. The van der Waals surface area contributed by atoms with Crippen LogP contribution in [-0.4, -0.2) is 6.29 Å². The maximum atomic E-state index is 11.2. The lowest BCUT2D eigenvalue weighted by Crippen LogP contribution is -2.06. The molecule has 0 heterocycles. The minimum Gasteiger partial charge on any atom is -0.303 e. The van der Waals surface area contributed by atoms with Crippen LogP contribution in [0.25, 0.3) is 0 Å². The number of aryl methyl sites for hydroxylation is 1. The van der Waals surface area contributed by atoms with E-state index in [0.29, 0.717) is 0 Å². The normalized spacial score (nSPS) is 12.0. The molecule has 2 aromatic carbocycles. The fourth-order valence-corrected chi connectivity index (χ4v) is 2.52. The highest BCUT2D eigenvalue weighted by Crippen LogP contribution is 2.15. The van der Waals surface area contributed by atoms with Crippen LogP contribution in [0.1, 0.15) is 30.4 Å². The number of rotatable bonds is 8. The van der Waals surface area contributed by atoms with Gasteiger partial charge < -0.3 is 4.79 Å². The molecular weight excluding hydrogens is 244 g/mol. The Hall–Kier alpha value is -1.89. The Morgan fingerprint density at radius 2 is 1.40 bits per heavy atom. The lowest BCUT2D eigenvalue weighted by Gasteiger charge is -2.10. The van der Waals surface area contributed by atoms with Gasteiger partial charge >= 0.3 is 0 Å². The van der Waals surface area contributed by atoms with Gasteiger partial charge in [-0.1, -0.05) is 67.1 Å². The Kier molecular flexibility index (Phi) is 6.04. The van der Waals surface area contributed by atoms with Crippen molar-refractivity contribution in [3.8, 4) is 0 Å². The molecule has 0 saturated heterocycles. The van der Waals surface area contributed by atoms with Gasteiger partial charge in [0.25, 0.3) is 0 Å². The minimum absolute atomic E-state index is 0.160. The van der Waals surface area contributed by atoms with Crippen molar-refractivity contribution in [2.24, 2.45) is 5.92 Å². The molecular formula is C19H22O. The van der Waals surface area contributed by atoms with Crippen LogP contribution < -0.4 is 0 Å². The molecule has 1 unspecified atom stereocenters. The molecule has 0 aliphatic heterocycles. The third-order valence-electron chi connectivity index (χ3n) is 3.67. The predicted octanol–water partition coefficient (Wildman–Crippen LogP) is 4.46. The smallest absolute Gasteiger partial charge is 0.123 e. The Balaban J connectivity index is 1.70. The zero-order valence-corrected chi connectivity index (χ0v) is 11.9. The zero-order valence-electron chi connectivity index (χ0n) is 11.9. The summed E-state index contributed by atoms with van der Waals surface area (Å²) in [5.41, 5.74) is 2.64. The Morgan fingerprint density at radius 1 is 0.800 bits per heavy atom. The van der Waals surface area contributed by atoms with Crippen LogP contribution in [0.3, 0.4) is 0 Å². The third kappa shape index (κ3) is 5.00. The van der Waals surface area contributed by atoms with Crippen LogP contribution in [-0.2, 0) is 17.6 Å². The summed E-state index contributed by atoms with van der Waals surface area (Å²) in [6.07, 6.45) is 6.36. The van der Waals surface area contributed by atoms with E-state index in [4.69, 9.17) is 0 Å². The van der Waals surface area contributed by atoms with Gasteiger partial charge in [0.05, 0.1) is 0 Å². The second kappa shape index (κ2) is 8.31. The van der Waals surface area contributed by atoms with Gasteiger partial charge in [-0.3, -0.25) is 0 Å². The number of unbranched alkanes of at least 4 members (excludes halogenated alkanes) is 1. The van der Waals surface area contributed by atoms with E-state index in [1.807, 2.05) is 24.3 Å². The summed E-state index contributed by atoms with van der Waals surface area (Å²) < 4.78 is 0. The summed E-state index contributed by atoms with van der Waals surface area (Å²) in [4.78, 5) is 11.2. The van der Waals surface area contributed by atoms with E-state index < -0.39 is 0 Å². The van der Waals surface area contributed by atoms with Crippen molar-refractivity contribution in [1.82, 2.24) is 0 Å². The lowest BCUT2D eigenvalue weighted by molar-refractivity contribution is -0.111. The summed E-state index contributed by atoms with van der Waals surface area (Å²) in [7, 11) is 0. The molecule has 0 aliphatic rings. The Labute approximate surface area is 121 Å². The van der Waals surface area contributed by atoms with Gasteiger partial charge in [0.15, 0.2) is 0 Å². The van der Waals surface area contributed by atoms with Crippen molar-refractivity contribution < 1.29 is 4.79 Å². The predicted molar refractivity (Wildman–Crippen MR) is 83.7 cm³/mol. The second-order valence-electron chi connectivity index (χ2n) is 5.32. The Bertz CT molecular complexity index is 490. The molecule has 1 atom stereocenters. The molecule has 0 bridgehead atoms. The van der Waals surface area contributed by atoms with E-state index in [1.54, 1.807) is 0 Å². The van der Waals surface area contributed by atoms with E-state index in [1.165, 1.54) is 11.1 Å². The topological polar surface area (TPSA) is 17.1 Å². The number of benzene rings is 2. The molecule has 1 heteroatoms. The van der Waals surface area contributed by atoms with Crippen LogP contribution in [0.2, 0.25) is 0 Å². The van der Waals surface area contributed by atoms with Gasteiger partial charge in [-0.15, -0.1) is 0 Å². The highest BCUT2D eigenvalue weighted by molar-refractivity contribution is 5.54. The standard InChI is InChI=1S/C19H22O/c20-16-19(15-18-12-5-2-6-13-18)14-8-7-11-17-9-3-1-4-10-17/h1-6,9-10,12-13,16,19H,7-8,11,14-15H2. The fourth-order valence-electron chi connectivity index (χ4n) is 2.52. The van der Waals surface area contributed by atoms with Gasteiger partial charge in [0, 0.05) is 5.92 Å². The van der Waals surface area contributed by atoms with Gasteiger partial charge in [-0.2, -0.15) is 0 Å². The van der Waals surface area contributed by atoms with Gasteiger partial charge in [0.2, 0.25) is 0 Å². The van der Waals surface area contributed by atoms with E-state index >= 15 is 0 Å². The van der Waals surface area contributed by atoms with Crippen LogP contribution in [0.4, 0.5) is 0 Å². The fraction of sp³-hybridized carbons (Fsp3) is 0.316. The van der Waals surface area contributed by atoms with Crippen molar-refractivity contribution in [3.63, 3.8) is 0 Å². The highest BCUT2D eigenvalue weighted by atomic mass is 16.1. The molecule has 0 amide bonds. The summed E-state index contributed by atoms with van der Waals surface area (Å²) >= 11 is 0.